The van der Waals surface area contributed by atoms with E-state index in [2.05, 4.69) is 5.32 Å². The Labute approximate surface area is 148 Å². The van der Waals surface area contributed by atoms with Gasteiger partial charge >= 0.3 is 0 Å². The maximum absolute atomic E-state index is 12.5. The highest BCUT2D eigenvalue weighted by molar-refractivity contribution is 5.88. The van der Waals surface area contributed by atoms with Crippen molar-refractivity contribution in [1.29, 1.82) is 0 Å². The molecule has 0 bridgehead atoms. The molecular weight excluding hydrogens is 318 g/mol. The minimum atomic E-state index is -0.421. The Bertz CT molecular complexity index is 703. The van der Waals surface area contributed by atoms with Gasteiger partial charge in [-0.25, -0.2) is 0 Å². The van der Waals surface area contributed by atoms with Gasteiger partial charge < -0.3 is 15.1 Å². The Balaban J connectivity index is 1.60. The highest BCUT2D eigenvalue weighted by atomic mass is 16.2. The van der Waals surface area contributed by atoms with Crippen LogP contribution in [0.1, 0.15) is 31.4 Å². The lowest BCUT2D eigenvalue weighted by Crippen LogP contribution is -2.59. The molecular formula is C19H25N3O3. The van der Waals surface area contributed by atoms with Gasteiger partial charge in [-0.1, -0.05) is 29.8 Å². The summed E-state index contributed by atoms with van der Waals surface area (Å²) in [5.41, 5.74) is 2.12. The number of carbonyl (C=O) groups is 3. The fourth-order valence-corrected chi connectivity index (χ4v) is 3.91. The molecule has 0 saturated carbocycles. The highest BCUT2D eigenvalue weighted by Crippen LogP contribution is 2.26. The van der Waals surface area contributed by atoms with Crippen LogP contribution < -0.4 is 5.32 Å². The van der Waals surface area contributed by atoms with Gasteiger partial charge in [0.1, 0.15) is 6.04 Å². The molecule has 0 spiro atoms. The molecule has 2 aliphatic rings. The second kappa shape index (κ2) is 6.86. The van der Waals surface area contributed by atoms with Crippen molar-refractivity contribution in [2.45, 2.75) is 51.7 Å². The van der Waals surface area contributed by atoms with Gasteiger partial charge in [-0.3, -0.25) is 14.4 Å². The molecule has 0 aromatic heterocycles. The van der Waals surface area contributed by atoms with Crippen LogP contribution in [-0.4, -0.2) is 58.7 Å². The van der Waals surface area contributed by atoms with Crippen LogP contribution in [0.25, 0.3) is 0 Å². The Morgan fingerprint density at radius 2 is 2.04 bits per heavy atom. The van der Waals surface area contributed by atoms with Crippen LogP contribution in [0.15, 0.2) is 24.3 Å². The molecule has 1 aromatic carbocycles. The predicted molar refractivity (Wildman–Crippen MR) is 93.8 cm³/mol. The van der Waals surface area contributed by atoms with E-state index in [0.717, 1.165) is 11.1 Å². The third-order valence-corrected chi connectivity index (χ3v) is 5.15. The van der Waals surface area contributed by atoms with Crippen LogP contribution in [0, 0.1) is 6.92 Å². The van der Waals surface area contributed by atoms with E-state index in [1.54, 1.807) is 11.8 Å². The van der Waals surface area contributed by atoms with Crippen LogP contribution in [-0.2, 0) is 20.8 Å². The average molecular weight is 343 g/mol. The monoisotopic (exact) mass is 343 g/mol. The zero-order chi connectivity index (χ0) is 18.1. The normalized spacial score (nSPS) is 25.7. The third-order valence-electron chi connectivity index (χ3n) is 5.15. The molecule has 2 aliphatic heterocycles. The molecule has 6 heteroatoms. The molecule has 1 N–H and O–H groups in total. The van der Waals surface area contributed by atoms with E-state index in [9.17, 15) is 14.4 Å². The molecule has 2 fully saturated rings. The lowest BCUT2D eigenvalue weighted by molar-refractivity contribution is -0.151. The molecule has 6 nitrogen and oxygen atoms in total. The molecule has 0 radical (unpaired) electrons. The van der Waals surface area contributed by atoms with Crippen LogP contribution in [0.5, 0.6) is 0 Å². The molecule has 0 aliphatic carbocycles. The quantitative estimate of drug-likeness (QED) is 0.885. The van der Waals surface area contributed by atoms with E-state index in [1.165, 1.54) is 6.92 Å². The number of fused-ring (bicyclic) bond motifs is 1. The first-order valence-corrected chi connectivity index (χ1v) is 8.77. The highest BCUT2D eigenvalue weighted by Gasteiger charge is 2.44. The smallest absolute Gasteiger partial charge is 0.245 e. The van der Waals surface area contributed by atoms with E-state index >= 15 is 0 Å². The SMILES string of the molecule is CC(=O)N1C[C@@H]2C[C@H](NC(=O)Cc3cccc(C)c3)CN2C(=O)[C@@H]1C. The number of amides is 3. The number of piperazine rings is 1. The second-order valence-electron chi connectivity index (χ2n) is 7.16. The molecule has 3 amide bonds. The van der Waals surface area contributed by atoms with E-state index in [-0.39, 0.29) is 29.8 Å². The van der Waals surface area contributed by atoms with Gasteiger partial charge in [0, 0.05) is 26.1 Å². The zero-order valence-corrected chi connectivity index (χ0v) is 15.0. The number of nitrogens with zero attached hydrogens (tertiary/aromatic N) is 2. The van der Waals surface area contributed by atoms with Gasteiger partial charge in [-0.15, -0.1) is 0 Å². The third kappa shape index (κ3) is 3.67. The minimum absolute atomic E-state index is 0.00290. The van der Waals surface area contributed by atoms with E-state index < -0.39 is 6.04 Å². The average Bonchev–Trinajstić information content (AvgIpc) is 2.93. The van der Waals surface area contributed by atoms with Crippen molar-refractivity contribution in [3.63, 3.8) is 0 Å². The van der Waals surface area contributed by atoms with Crippen LogP contribution in [0.4, 0.5) is 0 Å². The van der Waals surface area contributed by atoms with Crippen LogP contribution >= 0.6 is 0 Å². The number of aryl methyl sites for hydroxylation is 1. The first-order valence-electron chi connectivity index (χ1n) is 8.77. The molecule has 0 unspecified atom stereocenters. The maximum Gasteiger partial charge on any atom is 0.245 e. The van der Waals surface area contributed by atoms with Crippen molar-refractivity contribution >= 4 is 17.7 Å². The topological polar surface area (TPSA) is 69.7 Å². The van der Waals surface area contributed by atoms with Crippen LogP contribution in [0.2, 0.25) is 0 Å². The Morgan fingerprint density at radius 3 is 2.72 bits per heavy atom. The molecule has 2 heterocycles. The van der Waals surface area contributed by atoms with Crippen molar-refractivity contribution in [3.05, 3.63) is 35.4 Å². The van der Waals surface area contributed by atoms with E-state index in [1.807, 2.05) is 36.1 Å². The molecule has 3 rings (SSSR count). The molecule has 2 saturated heterocycles. The standard InChI is InChI=1S/C19H25N3O3/c1-12-5-4-6-15(7-12)8-18(24)20-16-9-17-11-21(14(3)23)13(2)19(25)22(17)10-16/h4-7,13,16-17H,8-11H2,1-3H3,(H,20,24)/t13-,16-,17-/m0/s1. The van der Waals surface area contributed by atoms with Crippen molar-refractivity contribution in [2.24, 2.45) is 0 Å². The largest absolute Gasteiger partial charge is 0.351 e. The van der Waals surface area contributed by atoms with Crippen LogP contribution in [0.3, 0.4) is 0 Å². The van der Waals surface area contributed by atoms with Gasteiger partial charge in [-0.2, -0.15) is 0 Å². The van der Waals surface area contributed by atoms with E-state index in [0.29, 0.717) is 25.9 Å². The Hall–Kier alpha value is -2.37. The second-order valence-corrected chi connectivity index (χ2v) is 7.16. The molecule has 3 atom stereocenters. The summed E-state index contributed by atoms with van der Waals surface area (Å²) in [4.78, 5) is 40.0. The van der Waals surface area contributed by atoms with Gasteiger partial charge in [0.2, 0.25) is 17.7 Å². The Kier molecular flexibility index (Phi) is 4.79. The summed E-state index contributed by atoms with van der Waals surface area (Å²) in [5, 5.41) is 3.05. The van der Waals surface area contributed by atoms with Crippen molar-refractivity contribution < 1.29 is 14.4 Å². The van der Waals surface area contributed by atoms with E-state index in [4.69, 9.17) is 0 Å². The van der Waals surface area contributed by atoms with Crippen molar-refractivity contribution in [2.75, 3.05) is 13.1 Å². The summed E-state index contributed by atoms with van der Waals surface area (Å²) >= 11 is 0. The summed E-state index contributed by atoms with van der Waals surface area (Å²) in [7, 11) is 0. The summed E-state index contributed by atoms with van der Waals surface area (Å²) in [5.74, 6) is -0.131. The first kappa shape index (κ1) is 17.5. The maximum atomic E-state index is 12.5. The fourth-order valence-electron chi connectivity index (χ4n) is 3.91. The van der Waals surface area contributed by atoms with Crippen molar-refractivity contribution in [3.8, 4) is 0 Å². The number of benzene rings is 1. The molecule has 134 valence electrons. The first-order chi connectivity index (χ1) is 11.8. The summed E-state index contributed by atoms with van der Waals surface area (Å²) < 4.78 is 0. The molecule has 25 heavy (non-hydrogen) atoms. The van der Waals surface area contributed by atoms with Gasteiger partial charge in [0.05, 0.1) is 12.5 Å². The molecule has 1 aromatic rings. The summed E-state index contributed by atoms with van der Waals surface area (Å²) in [6.07, 6.45) is 1.04. The lowest BCUT2D eigenvalue weighted by atomic mass is 10.1. The van der Waals surface area contributed by atoms with Gasteiger partial charge in [-0.05, 0) is 25.8 Å². The number of hydrogen-bond acceptors (Lipinski definition) is 3. The Morgan fingerprint density at radius 1 is 1.28 bits per heavy atom. The zero-order valence-electron chi connectivity index (χ0n) is 15.0. The summed E-state index contributed by atoms with van der Waals surface area (Å²) in [6, 6.07) is 7.43. The fraction of sp³-hybridized carbons (Fsp3) is 0.526. The summed E-state index contributed by atoms with van der Waals surface area (Å²) in [6.45, 7) is 6.34. The minimum Gasteiger partial charge on any atom is -0.351 e. The number of nitrogens with one attached hydrogen (secondary N) is 1. The number of rotatable bonds is 3. The number of hydrogen-bond donors (Lipinski definition) is 1. The van der Waals surface area contributed by atoms with Crippen molar-refractivity contribution in [1.82, 2.24) is 15.1 Å². The predicted octanol–water partition coefficient (Wildman–Crippen LogP) is 0.874. The van der Waals surface area contributed by atoms with Gasteiger partial charge in [0.25, 0.3) is 0 Å². The lowest BCUT2D eigenvalue weighted by Gasteiger charge is -2.40. The van der Waals surface area contributed by atoms with Gasteiger partial charge in [0.15, 0.2) is 0 Å². The number of carbonyl (C=O) groups excluding carboxylic acids is 3.